The van der Waals surface area contributed by atoms with E-state index >= 15 is 0 Å². The van der Waals surface area contributed by atoms with Gasteiger partial charge in [0.1, 0.15) is 34.9 Å². The number of carbonyl (C=O) groups excluding carboxylic acids is 2. The summed E-state index contributed by atoms with van der Waals surface area (Å²) in [6.07, 6.45) is 1.47. The molecule has 0 bridgehead atoms. The minimum absolute atomic E-state index is 0.0299. The molecule has 1 saturated heterocycles. The fourth-order valence-corrected chi connectivity index (χ4v) is 3.27. The maximum Gasteiger partial charge on any atom is 0.296 e. The maximum absolute atomic E-state index is 13.2. The van der Waals surface area contributed by atoms with Gasteiger partial charge in [-0.1, -0.05) is 0 Å². The monoisotopic (exact) mass is 381 g/mol. The largest absolute Gasteiger partial charge is 0.507 e. The summed E-state index contributed by atoms with van der Waals surface area (Å²) in [5, 5.41) is 10.8. The first-order valence-corrected chi connectivity index (χ1v) is 8.59. The van der Waals surface area contributed by atoms with Gasteiger partial charge in [0, 0.05) is 5.56 Å². The second-order valence-electron chi connectivity index (χ2n) is 6.46. The molecule has 4 rings (SSSR count). The van der Waals surface area contributed by atoms with E-state index in [2.05, 4.69) is 0 Å². The zero-order chi connectivity index (χ0) is 19.8. The molecule has 6 nitrogen and oxygen atoms in total. The molecule has 0 aliphatic carbocycles. The summed E-state index contributed by atoms with van der Waals surface area (Å²) in [6, 6.07) is 10.8. The molecule has 1 fully saturated rings. The fraction of sp³-hybridized carbons (Fsp3) is 0.143. The third-order valence-corrected chi connectivity index (χ3v) is 4.59. The Morgan fingerprint density at radius 3 is 2.50 bits per heavy atom. The van der Waals surface area contributed by atoms with E-state index < -0.39 is 23.5 Å². The van der Waals surface area contributed by atoms with Crippen molar-refractivity contribution < 1.29 is 27.9 Å². The Labute approximate surface area is 159 Å². The lowest BCUT2D eigenvalue weighted by Gasteiger charge is -2.22. The second-order valence-corrected chi connectivity index (χ2v) is 6.46. The highest BCUT2D eigenvalue weighted by Gasteiger charge is 2.47. The number of Topliss-reactive ketones (excluding diaryl/α,β-unsaturated/α-hetero) is 1. The summed E-state index contributed by atoms with van der Waals surface area (Å²) in [5.41, 5.74) is 0.114. The number of benzene rings is 1. The van der Waals surface area contributed by atoms with E-state index in [1.807, 2.05) is 0 Å². The number of carbonyl (C=O) groups is 2. The third kappa shape index (κ3) is 3.00. The molecular formula is C21H16FNO5. The predicted octanol–water partition coefficient (Wildman–Crippen LogP) is 3.94. The molecule has 1 unspecified atom stereocenters. The van der Waals surface area contributed by atoms with Crippen LogP contribution in [0.3, 0.4) is 0 Å². The molecule has 3 aromatic rings. The highest BCUT2D eigenvalue weighted by atomic mass is 19.1. The zero-order valence-corrected chi connectivity index (χ0v) is 14.9. The van der Waals surface area contributed by atoms with Crippen LogP contribution in [0, 0.1) is 12.7 Å². The number of nitrogens with zero attached hydrogens (tertiary/aromatic N) is 1. The van der Waals surface area contributed by atoms with E-state index in [0.717, 1.165) is 0 Å². The van der Waals surface area contributed by atoms with Gasteiger partial charge in [-0.25, -0.2) is 4.39 Å². The molecule has 7 heteroatoms. The summed E-state index contributed by atoms with van der Waals surface area (Å²) in [5.74, 6) is -1.07. The lowest BCUT2D eigenvalue weighted by molar-refractivity contribution is -0.140. The summed E-state index contributed by atoms with van der Waals surface area (Å²) in [4.78, 5) is 26.8. The van der Waals surface area contributed by atoms with Gasteiger partial charge in [0.05, 0.1) is 18.4 Å². The zero-order valence-electron chi connectivity index (χ0n) is 14.9. The third-order valence-electron chi connectivity index (χ3n) is 4.59. The maximum atomic E-state index is 13.2. The first-order valence-electron chi connectivity index (χ1n) is 8.59. The van der Waals surface area contributed by atoms with E-state index in [-0.39, 0.29) is 23.4 Å². The number of likely N-dealkylation sites (tertiary alicyclic amines) is 1. The van der Waals surface area contributed by atoms with Gasteiger partial charge in [0.25, 0.3) is 11.7 Å². The Morgan fingerprint density at radius 1 is 1.14 bits per heavy atom. The van der Waals surface area contributed by atoms with Crippen LogP contribution in [0.5, 0.6) is 0 Å². The van der Waals surface area contributed by atoms with E-state index in [0.29, 0.717) is 17.3 Å². The highest BCUT2D eigenvalue weighted by Crippen LogP contribution is 2.40. The molecular weight excluding hydrogens is 365 g/mol. The fourth-order valence-electron chi connectivity index (χ4n) is 3.27. The normalized spacial score (nSPS) is 18.8. The van der Waals surface area contributed by atoms with Crippen molar-refractivity contribution in [1.29, 1.82) is 0 Å². The predicted molar refractivity (Wildman–Crippen MR) is 96.4 cm³/mol. The van der Waals surface area contributed by atoms with E-state index in [4.69, 9.17) is 8.83 Å². The Kier molecular flexibility index (Phi) is 4.35. The Balaban J connectivity index is 1.85. The molecule has 1 aromatic carbocycles. The number of ketones is 1. The minimum Gasteiger partial charge on any atom is -0.507 e. The number of aliphatic hydroxyl groups is 1. The van der Waals surface area contributed by atoms with Crippen molar-refractivity contribution in [3.05, 3.63) is 89.0 Å². The SMILES string of the molecule is Cc1ccc(C2/C(=C(/O)c3ccc(F)cc3)C(=O)C(=O)N2Cc2ccco2)o1. The first-order chi connectivity index (χ1) is 13.5. The standard InChI is InChI=1S/C21H16FNO5/c1-12-4-9-16(28-12)18-17(19(24)13-5-7-14(22)8-6-13)20(25)21(26)23(18)11-15-3-2-10-27-15/h2-10,18,24H,11H2,1H3/b19-17-. The molecule has 1 atom stereocenters. The minimum atomic E-state index is -0.927. The number of rotatable bonds is 4. The van der Waals surface area contributed by atoms with Crippen LogP contribution < -0.4 is 0 Å². The highest BCUT2D eigenvalue weighted by molar-refractivity contribution is 6.46. The molecule has 0 saturated carbocycles. The number of aryl methyl sites for hydroxylation is 1. The van der Waals surface area contributed by atoms with Crippen molar-refractivity contribution in [3.8, 4) is 0 Å². The van der Waals surface area contributed by atoms with Crippen molar-refractivity contribution in [2.45, 2.75) is 19.5 Å². The van der Waals surface area contributed by atoms with Gasteiger partial charge in [0.15, 0.2) is 0 Å². The Morgan fingerprint density at radius 2 is 1.89 bits per heavy atom. The van der Waals surface area contributed by atoms with Gasteiger partial charge < -0.3 is 18.8 Å². The summed E-state index contributed by atoms with van der Waals surface area (Å²) >= 11 is 0. The Bertz CT molecular complexity index is 1060. The smallest absolute Gasteiger partial charge is 0.296 e. The summed E-state index contributed by atoms with van der Waals surface area (Å²) in [6.45, 7) is 1.77. The number of amides is 1. The molecule has 1 aliphatic heterocycles. The summed E-state index contributed by atoms with van der Waals surface area (Å²) < 4.78 is 24.2. The van der Waals surface area contributed by atoms with Crippen LogP contribution in [-0.4, -0.2) is 21.7 Å². The summed E-state index contributed by atoms with van der Waals surface area (Å²) in [7, 11) is 0. The second kappa shape index (κ2) is 6.84. The van der Waals surface area contributed by atoms with Crippen molar-refractivity contribution in [2.75, 3.05) is 0 Å². The quantitative estimate of drug-likeness (QED) is 0.420. The van der Waals surface area contributed by atoms with Crippen molar-refractivity contribution in [1.82, 2.24) is 4.90 Å². The molecule has 0 spiro atoms. The van der Waals surface area contributed by atoms with Crippen LogP contribution >= 0.6 is 0 Å². The van der Waals surface area contributed by atoms with Crippen LogP contribution in [0.15, 0.2) is 69.2 Å². The molecule has 0 radical (unpaired) electrons. The van der Waals surface area contributed by atoms with Crippen LogP contribution in [0.2, 0.25) is 0 Å². The lowest BCUT2D eigenvalue weighted by Crippen LogP contribution is -2.28. The number of aliphatic hydroxyl groups excluding tert-OH is 1. The molecule has 1 aliphatic rings. The van der Waals surface area contributed by atoms with Gasteiger partial charge in [0.2, 0.25) is 0 Å². The van der Waals surface area contributed by atoms with Gasteiger partial charge in [-0.05, 0) is 55.5 Å². The van der Waals surface area contributed by atoms with Crippen LogP contribution in [0.25, 0.3) is 5.76 Å². The number of furan rings is 2. The van der Waals surface area contributed by atoms with Crippen LogP contribution in [0.1, 0.15) is 28.9 Å². The number of hydrogen-bond acceptors (Lipinski definition) is 5. The lowest BCUT2D eigenvalue weighted by atomic mass is 9.99. The molecule has 28 heavy (non-hydrogen) atoms. The first kappa shape index (κ1) is 17.8. The number of hydrogen-bond donors (Lipinski definition) is 1. The van der Waals surface area contributed by atoms with Gasteiger partial charge >= 0.3 is 0 Å². The molecule has 142 valence electrons. The van der Waals surface area contributed by atoms with E-state index in [1.54, 1.807) is 31.2 Å². The van der Waals surface area contributed by atoms with Gasteiger partial charge in [-0.3, -0.25) is 9.59 Å². The average molecular weight is 381 g/mol. The van der Waals surface area contributed by atoms with Crippen LogP contribution in [-0.2, 0) is 16.1 Å². The van der Waals surface area contributed by atoms with E-state index in [1.165, 1.54) is 35.4 Å². The molecule has 1 amide bonds. The molecule has 3 heterocycles. The van der Waals surface area contributed by atoms with Crippen molar-refractivity contribution >= 4 is 17.4 Å². The van der Waals surface area contributed by atoms with E-state index in [9.17, 15) is 19.1 Å². The van der Waals surface area contributed by atoms with Crippen molar-refractivity contribution in [2.24, 2.45) is 0 Å². The van der Waals surface area contributed by atoms with Gasteiger partial charge in [-0.15, -0.1) is 0 Å². The molecule has 2 aromatic heterocycles. The number of halogens is 1. The topological polar surface area (TPSA) is 83.9 Å². The Hall–Kier alpha value is -3.61. The van der Waals surface area contributed by atoms with Crippen molar-refractivity contribution in [3.63, 3.8) is 0 Å². The van der Waals surface area contributed by atoms with Crippen LogP contribution in [0.4, 0.5) is 4.39 Å². The van der Waals surface area contributed by atoms with Gasteiger partial charge in [-0.2, -0.15) is 0 Å². The molecule has 1 N–H and O–H groups in total. The average Bonchev–Trinajstić information content (AvgIpc) is 3.39.